The van der Waals surface area contributed by atoms with E-state index in [4.69, 9.17) is 0 Å². The van der Waals surface area contributed by atoms with Gasteiger partial charge in [-0.15, -0.1) is 0 Å². The second kappa shape index (κ2) is 5.18. The number of rotatable bonds is 6. The van der Waals surface area contributed by atoms with Crippen LogP contribution in [-0.2, 0) is 22.9 Å². The minimum absolute atomic E-state index is 0.119. The predicted octanol–water partition coefficient (Wildman–Crippen LogP) is 1.33. The fourth-order valence-corrected chi connectivity index (χ4v) is 2.78. The van der Waals surface area contributed by atoms with Gasteiger partial charge >= 0.3 is 0 Å². The SMILES string of the molecule is CS(=O)(=O)CCn1nc(CNC2CC2)c2ccccc21. The Morgan fingerprint density at radius 3 is 2.80 bits per heavy atom. The highest BCUT2D eigenvalue weighted by Crippen LogP contribution is 2.22. The smallest absolute Gasteiger partial charge is 0.149 e. The first-order valence-corrected chi connectivity index (χ1v) is 8.94. The lowest BCUT2D eigenvalue weighted by Crippen LogP contribution is -2.16. The van der Waals surface area contributed by atoms with Gasteiger partial charge in [0.2, 0.25) is 0 Å². The molecule has 1 aromatic heterocycles. The highest BCUT2D eigenvalue weighted by molar-refractivity contribution is 7.90. The molecule has 6 heteroatoms. The number of nitrogens with one attached hydrogen (secondary N) is 1. The van der Waals surface area contributed by atoms with Gasteiger partial charge in [-0.1, -0.05) is 18.2 Å². The Hall–Kier alpha value is -1.40. The summed E-state index contributed by atoms with van der Waals surface area (Å²) >= 11 is 0. The van der Waals surface area contributed by atoms with E-state index in [0.717, 1.165) is 23.1 Å². The summed E-state index contributed by atoms with van der Waals surface area (Å²) in [4.78, 5) is 0. The fourth-order valence-electron chi connectivity index (χ4n) is 2.28. The van der Waals surface area contributed by atoms with Gasteiger partial charge in [0.05, 0.1) is 23.5 Å². The molecule has 1 N–H and O–H groups in total. The molecule has 0 radical (unpaired) electrons. The molecule has 3 rings (SSSR count). The van der Waals surface area contributed by atoms with Crippen LogP contribution in [0.2, 0.25) is 0 Å². The first-order valence-electron chi connectivity index (χ1n) is 6.88. The largest absolute Gasteiger partial charge is 0.308 e. The molecule has 0 bridgehead atoms. The molecular weight excluding hydrogens is 274 g/mol. The number of nitrogens with zero attached hydrogens (tertiary/aromatic N) is 2. The Kier molecular flexibility index (Phi) is 3.52. The van der Waals surface area contributed by atoms with E-state index < -0.39 is 9.84 Å². The van der Waals surface area contributed by atoms with Crippen molar-refractivity contribution in [3.63, 3.8) is 0 Å². The van der Waals surface area contributed by atoms with Gasteiger partial charge < -0.3 is 5.32 Å². The van der Waals surface area contributed by atoms with E-state index >= 15 is 0 Å². The zero-order valence-corrected chi connectivity index (χ0v) is 12.4. The summed E-state index contributed by atoms with van der Waals surface area (Å²) in [6.07, 6.45) is 3.74. The fraction of sp³-hybridized carbons (Fsp3) is 0.500. The van der Waals surface area contributed by atoms with E-state index in [1.807, 2.05) is 24.3 Å². The van der Waals surface area contributed by atoms with Crippen LogP contribution in [0.5, 0.6) is 0 Å². The van der Waals surface area contributed by atoms with Gasteiger partial charge in [-0.3, -0.25) is 4.68 Å². The van der Waals surface area contributed by atoms with Crippen molar-refractivity contribution in [1.82, 2.24) is 15.1 Å². The summed E-state index contributed by atoms with van der Waals surface area (Å²) in [7, 11) is -2.97. The van der Waals surface area contributed by atoms with Crippen molar-refractivity contribution in [2.75, 3.05) is 12.0 Å². The molecule has 0 aliphatic heterocycles. The minimum atomic E-state index is -2.97. The van der Waals surface area contributed by atoms with Gasteiger partial charge in [-0.05, 0) is 18.9 Å². The Balaban J connectivity index is 1.86. The maximum absolute atomic E-state index is 11.3. The molecule has 1 aromatic carbocycles. The van der Waals surface area contributed by atoms with E-state index in [0.29, 0.717) is 12.6 Å². The van der Waals surface area contributed by atoms with Gasteiger partial charge in [0.15, 0.2) is 0 Å². The molecule has 1 aliphatic carbocycles. The standard InChI is InChI=1S/C14H19N3O2S/c1-20(18,19)9-8-17-14-5-3-2-4-12(14)13(16-17)10-15-11-6-7-11/h2-5,11,15H,6-10H2,1H3. The van der Waals surface area contributed by atoms with Crippen LogP contribution < -0.4 is 5.32 Å². The van der Waals surface area contributed by atoms with Crippen molar-refractivity contribution in [1.29, 1.82) is 0 Å². The van der Waals surface area contributed by atoms with Crippen molar-refractivity contribution in [3.8, 4) is 0 Å². The first-order chi connectivity index (χ1) is 9.53. The van der Waals surface area contributed by atoms with E-state index in [-0.39, 0.29) is 5.75 Å². The molecule has 2 aromatic rings. The Morgan fingerprint density at radius 2 is 2.10 bits per heavy atom. The van der Waals surface area contributed by atoms with Crippen molar-refractivity contribution in [2.24, 2.45) is 0 Å². The highest BCUT2D eigenvalue weighted by atomic mass is 32.2. The highest BCUT2D eigenvalue weighted by Gasteiger charge is 2.21. The Bertz CT molecular complexity index is 717. The van der Waals surface area contributed by atoms with Crippen LogP contribution in [0.4, 0.5) is 0 Å². The van der Waals surface area contributed by atoms with Crippen LogP contribution >= 0.6 is 0 Å². The lowest BCUT2D eigenvalue weighted by Gasteiger charge is -2.02. The van der Waals surface area contributed by atoms with E-state index in [2.05, 4.69) is 10.4 Å². The van der Waals surface area contributed by atoms with Gasteiger partial charge in [0, 0.05) is 24.2 Å². The van der Waals surface area contributed by atoms with Crippen LogP contribution in [0.1, 0.15) is 18.5 Å². The summed E-state index contributed by atoms with van der Waals surface area (Å²) in [5.41, 5.74) is 2.00. The molecule has 1 heterocycles. The number of hydrogen-bond acceptors (Lipinski definition) is 4. The summed E-state index contributed by atoms with van der Waals surface area (Å²) < 4.78 is 24.4. The van der Waals surface area contributed by atoms with Crippen molar-refractivity contribution in [2.45, 2.75) is 32.0 Å². The zero-order chi connectivity index (χ0) is 14.2. The number of benzene rings is 1. The molecule has 0 saturated heterocycles. The number of aryl methyl sites for hydroxylation is 1. The third-order valence-electron chi connectivity index (χ3n) is 3.54. The third kappa shape index (κ3) is 3.19. The van der Waals surface area contributed by atoms with Crippen molar-refractivity contribution >= 4 is 20.7 Å². The number of aromatic nitrogens is 2. The minimum Gasteiger partial charge on any atom is -0.308 e. The van der Waals surface area contributed by atoms with Crippen molar-refractivity contribution < 1.29 is 8.42 Å². The van der Waals surface area contributed by atoms with E-state index in [1.54, 1.807) is 4.68 Å². The molecular formula is C14H19N3O2S. The molecule has 0 amide bonds. The van der Waals surface area contributed by atoms with Gasteiger partial charge in [-0.25, -0.2) is 8.42 Å². The van der Waals surface area contributed by atoms with E-state index in [9.17, 15) is 8.42 Å². The van der Waals surface area contributed by atoms with Crippen molar-refractivity contribution in [3.05, 3.63) is 30.0 Å². The maximum Gasteiger partial charge on any atom is 0.149 e. The zero-order valence-electron chi connectivity index (χ0n) is 11.5. The Morgan fingerprint density at radius 1 is 1.35 bits per heavy atom. The number of hydrogen-bond donors (Lipinski definition) is 1. The van der Waals surface area contributed by atoms with E-state index in [1.165, 1.54) is 19.1 Å². The van der Waals surface area contributed by atoms with Crippen LogP contribution in [0.25, 0.3) is 10.9 Å². The lowest BCUT2D eigenvalue weighted by molar-refractivity contribution is 0.585. The molecule has 1 aliphatic rings. The number of fused-ring (bicyclic) bond motifs is 1. The average Bonchev–Trinajstić information content (AvgIpc) is 3.16. The molecule has 1 saturated carbocycles. The summed E-state index contributed by atoms with van der Waals surface area (Å²) in [6, 6.07) is 8.62. The lowest BCUT2D eigenvalue weighted by atomic mass is 10.2. The van der Waals surface area contributed by atoms with Crippen LogP contribution in [0, 0.1) is 0 Å². The number of sulfone groups is 1. The number of para-hydroxylation sites is 1. The summed E-state index contributed by atoms with van der Waals surface area (Å²) in [6.45, 7) is 1.15. The summed E-state index contributed by atoms with van der Waals surface area (Å²) in [5, 5.41) is 9.14. The first kappa shape index (κ1) is 13.6. The topological polar surface area (TPSA) is 64.0 Å². The average molecular weight is 293 g/mol. The van der Waals surface area contributed by atoms with Crippen LogP contribution in [0.3, 0.4) is 0 Å². The monoisotopic (exact) mass is 293 g/mol. The molecule has 0 spiro atoms. The second-order valence-electron chi connectivity index (χ2n) is 5.47. The van der Waals surface area contributed by atoms with Gasteiger partial charge in [-0.2, -0.15) is 5.10 Å². The maximum atomic E-state index is 11.3. The molecule has 0 unspecified atom stereocenters. The molecule has 20 heavy (non-hydrogen) atoms. The normalized spacial score (nSPS) is 15.8. The van der Waals surface area contributed by atoms with Crippen LogP contribution in [-0.4, -0.2) is 36.2 Å². The molecule has 0 atom stereocenters. The molecule has 1 fully saturated rings. The van der Waals surface area contributed by atoms with Gasteiger partial charge in [0.25, 0.3) is 0 Å². The molecule has 108 valence electrons. The predicted molar refractivity (Wildman–Crippen MR) is 79.3 cm³/mol. The van der Waals surface area contributed by atoms with Crippen LogP contribution in [0.15, 0.2) is 24.3 Å². The third-order valence-corrected chi connectivity index (χ3v) is 4.47. The van der Waals surface area contributed by atoms with Gasteiger partial charge in [0.1, 0.15) is 9.84 Å². The Labute approximate surface area is 118 Å². The molecule has 5 nitrogen and oxygen atoms in total. The summed E-state index contributed by atoms with van der Waals surface area (Å²) in [5.74, 6) is 0.119. The quantitative estimate of drug-likeness (QED) is 0.873. The second-order valence-corrected chi connectivity index (χ2v) is 7.73.